The highest BCUT2D eigenvalue weighted by Crippen LogP contribution is 2.28. The fraction of sp³-hybridized carbons (Fsp3) is 0.400. The number of nitrogens with one attached hydrogen (secondary N) is 1. The third-order valence-corrected chi connectivity index (χ3v) is 6.11. The number of amides is 2. The molecule has 1 aromatic carbocycles. The summed E-state index contributed by atoms with van der Waals surface area (Å²) >= 11 is 7.58. The van der Waals surface area contributed by atoms with E-state index in [1.807, 2.05) is 31.4 Å². The van der Waals surface area contributed by atoms with Gasteiger partial charge in [0.1, 0.15) is 5.82 Å². The highest BCUT2D eigenvalue weighted by atomic mass is 35.5. The number of thiophene rings is 1. The van der Waals surface area contributed by atoms with Crippen LogP contribution < -0.4 is 5.32 Å². The second kappa shape index (κ2) is 8.59. The van der Waals surface area contributed by atoms with Crippen molar-refractivity contribution in [3.05, 3.63) is 57.0 Å². The molecule has 0 atom stereocenters. The van der Waals surface area contributed by atoms with Crippen LogP contribution in [0.3, 0.4) is 0 Å². The highest BCUT2D eigenvalue weighted by Gasteiger charge is 2.28. The van der Waals surface area contributed by atoms with E-state index in [0.717, 1.165) is 10.4 Å². The summed E-state index contributed by atoms with van der Waals surface area (Å²) in [6, 6.07) is 7.93. The fourth-order valence-corrected chi connectivity index (χ4v) is 4.31. The second-order valence-corrected chi connectivity index (χ2v) is 8.61. The van der Waals surface area contributed by atoms with Crippen molar-refractivity contribution in [2.45, 2.75) is 19.4 Å². The molecule has 2 aromatic rings. The monoisotopic (exact) mass is 423 g/mol. The highest BCUT2D eigenvalue weighted by molar-refractivity contribution is 7.12. The molecule has 1 saturated heterocycles. The van der Waals surface area contributed by atoms with Gasteiger partial charge in [-0.1, -0.05) is 23.7 Å². The van der Waals surface area contributed by atoms with Crippen molar-refractivity contribution in [2.24, 2.45) is 0 Å². The van der Waals surface area contributed by atoms with Gasteiger partial charge in [-0.3, -0.25) is 14.9 Å². The number of carbonyl (C=O) groups excluding carboxylic acids is 2. The second-order valence-electron chi connectivity index (χ2n) is 7.25. The maximum Gasteiger partial charge on any atom is 0.264 e. The van der Waals surface area contributed by atoms with Gasteiger partial charge in [-0.05, 0) is 43.0 Å². The summed E-state index contributed by atoms with van der Waals surface area (Å²) in [5.74, 6) is -0.405. The number of benzene rings is 1. The quantitative estimate of drug-likeness (QED) is 0.802. The van der Waals surface area contributed by atoms with Crippen LogP contribution in [0.1, 0.15) is 29.1 Å². The summed E-state index contributed by atoms with van der Waals surface area (Å²) in [4.78, 5) is 29.2. The molecule has 8 heteroatoms. The SMILES string of the molecule is CC(C)(NCC(=O)N1CCN(C(=O)c2cccs2)CC1)c1ccc(F)cc1Cl. The summed E-state index contributed by atoms with van der Waals surface area (Å²) in [5.41, 5.74) is 0.145. The molecular weight excluding hydrogens is 401 g/mol. The van der Waals surface area contributed by atoms with Crippen molar-refractivity contribution in [1.29, 1.82) is 0 Å². The Balaban J connectivity index is 1.52. The zero-order valence-corrected chi connectivity index (χ0v) is 17.4. The summed E-state index contributed by atoms with van der Waals surface area (Å²) in [6.07, 6.45) is 0. The van der Waals surface area contributed by atoms with Crippen LogP contribution >= 0.6 is 22.9 Å². The van der Waals surface area contributed by atoms with Crippen LogP contribution in [0.5, 0.6) is 0 Å². The van der Waals surface area contributed by atoms with E-state index in [1.54, 1.807) is 15.9 Å². The van der Waals surface area contributed by atoms with E-state index in [9.17, 15) is 14.0 Å². The zero-order chi connectivity index (χ0) is 20.3. The topological polar surface area (TPSA) is 52.7 Å². The largest absolute Gasteiger partial charge is 0.338 e. The van der Waals surface area contributed by atoms with Crippen LogP contribution in [0.2, 0.25) is 5.02 Å². The molecule has 2 amide bonds. The molecule has 0 unspecified atom stereocenters. The maximum atomic E-state index is 13.3. The minimum absolute atomic E-state index is 0.0207. The zero-order valence-electron chi connectivity index (χ0n) is 15.9. The Bertz CT molecular complexity index is 849. The summed E-state index contributed by atoms with van der Waals surface area (Å²) in [5, 5.41) is 5.42. The van der Waals surface area contributed by atoms with Gasteiger partial charge in [-0.2, -0.15) is 0 Å². The van der Waals surface area contributed by atoms with Crippen LogP contribution in [0.25, 0.3) is 0 Å². The van der Waals surface area contributed by atoms with Crippen LogP contribution in [0.4, 0.5) is 4.39 Å². The maximum absolute atomic E-state index is 13.3. The molecule has 2 heterocycles. The summed E-state index contributed by atoms with van der Waals surface area (Å²) < 4.78 is 13.3. The number of piperazine rings is 1. The lowest BCUT2D eigenvalue weighted by Crippen LogP contribution is -2.53. The molecule has 3 rings (SSSR count). The van der Waals surface area contributed by atoms with E-state index < -0.39 is 11.4 Å². The first-order valence-corrected chi connectivity index (χ1v) is 10.3. The molecule has 1 N–H and O–H groups in total. The average molecular weight is 424 g/mol. The molecule has 0 spiro atoms. The third-order valence-electron chi connectivity index (χ3n) is 4.94. The van der Waals surface area contributed by atoms with Crippen molar-refractivity contribution in [1.82, 2.24) is 15.1 Å². The van der Waals surface area contributed by atoms with Gasteiger partial charge in [0.05, 0.1) is 11.4 Å². The molecule has 150 valence electrons. The predicted molar refractivity (Wildman–Crippen MR) is 109 cm³/mol. The van der Waals surface area contributed by atoms with Crippen molar-refractivity contribution >= 4 is 34.8 Å². The van der Waals surface area contributed by atoms with Gasteiger partial charge in [0, 0.05) is 36.7 Å². The summed E-state index contributed by atoms with van der Waals surface area (Å²) in [7, 11) is 0. The normalized spacial score (nSPS) is 15.0. The van der Waals surface area contributed by atoms with Gasteiger partial charge in [-0.15, -0.1) is 11.3 Å². The standard InChI is InChI=1S/C20H23ClFN3O2S/c1-20(2,15-6-5-14(22)12-16(15)21)23-13-18(26)24-7-9-25(10-8-24)19(27)17-4-3-11-28-17/h3-6,11-12,23H,7-10,13H2,1-2H3. The smallest absolute Gasteiger partial charge is 0.264 e. The van der Waals surface area contributed by atoms with E-state index in [1.165, 1.54) is 23.5 Å². The molecule has 0 radical (unpaired) electrons. The number of carbonyl (C=O) groups is 2. The van der Waals surface area contributed by atoms with Crippen LogP contribution in [-0.4, -0.2) is 54.3 Å². The number of hydrogen-bond acceptors (Lipinski definition) is 4. The number of rotatable bonds is 5. The molecule has 28 heavy (non-hydrogen) atoms. The Labute approximate surface area is 173 Å². The number of halogens is 2. The molecule has 0 saturated carbocycles. The first kappa shape index (κ1) is 20.8. The van der Waals surface area contributed by atoms with Crippen molar-refractivity contribution in [3.8, 4) is 0 Å². The van der Waals surface area contributed by atoms with Gasteiger partial charge in [-0.25, -0.2) is 4.39 Å². The minimum Gasteiger partial charge on any atom is -0.338 e. The van der Waals surface area contributed by atoms with E-state index in [0.29, 0.717) is 31.2 Å². The molecule has 1 fully saturated rings. The predicted octanol–water partition coefficient (Wildman–Crippen LogP) is 3.35. The van der Waals surface area contributed by atoms with Gasteiger partial charge in [0.15, 0.2) is 0 Å². The molecule has 0 bridgehead atoms. The van der Waals surface area contributed by atoms with Crippen molar-refractivity contribution < 1.29 is 14.0 Å². The lowest BCUT2D eigenvalue weighted by molar-refractivity contribution is -0.132. The molecule has 1 aliphatic heterocycles. The molecule has 1 aromatic heterocycles. The lowest BCUT2D eigenvalue weighted by atomic mass is 9.94. The van der Waals surface area contributed by atoms with Gasteiger partial charge >= 0.3 is 0 Å². The molecule has 0 aliphatic carbocycles. The van der Waals surface area contributed by atoms with E-state index in [4.69, 9.17) is 11.6 Å². The molecule has 5 nitrogen and oxygen atoms in total. The van der Waals surface area contributed by atoms with Gasteiger partial charge in [0.2, 0.25) is 5.91 Å². The first-order valence-electron chi connectivity index (χ1n) is 9.09. The Kier molecular flexibility index (Phi) is 6.37. The molecule has 1 aliphatic rings. The van der Waals surface area contributed by atoms with Crippen LogP contribution in [-0.2, 0) is 10.3 Å². The number of hydrogen-bond donors (Lipinski definition) is 1. The summed E-state index contributed by atoms with van der Waals surface area (Å²) in [6.45, 7) is 6.00. The Hall–Kier alpha value is -1.96. The van der Waals surface area contributed by atoms with Crippen molar-refractivity contribution in [2.75, 3.05) is 32.7 Å². The van der Waals surface area contributed by atoms with Crippen LogP contribution in [0.15, 0.2) is 35.7 Å². The van der Waals surface area contributed by atoms with Gasteiger partial charge in [0.25, 0.3) is 5.91 Å². The minimum atomic E-state index is -0.586. The molecular formula is C20H23ClFN3O2S. The Morgan fingerprint density at radius 3 is 2.46 bits per heavy atom. The Morgan fingerprint density at radius 2 is 1.86 bits per heavy atom. The Morgan fingerprint density at radius 1 is 1.18 bits per heavy atom. The van der Waals surface area contributed by atoms with Gasteiger partial charge < -0.3 is 9.80 Å². The van der Waals surface area contributed by atoms with E-state index in [-0.39, 0.29) is 18.4 Å². The third kappa shape index (κ3) is 4.71. The lowest BCUT2D eigenvalue weighted by Gasteiger charge is -2.35. The van der Waals surface area contributed by atoms with E-state index >= 15 is 0 Å². The van der Waals surface area contributed by atoms with E-state index in [2.05, 4.69) is 5.32 Å². The van der Waals surface area contributed by atoms with Crippen molar-refractivity contribution in [3.63, 3.8) is 0 Å². The first-order chi connectivity index (χ1) is 13.3. The number of nitrogens with zero attached hydrogens (tertiary/aromatic N) is 2. The fourth-order valence-electron chi connectivity index (χ4n) is 3.21. The average Bonchev–Trinajstić information content (AvgIpc) is 3.20. The van der Waals surface area contributed by atoms with Crippen LogP contribution in [0, 0.1) is 5.82 Å².